The van der Waals surface area contributed by atoms with Gasteiger partial charge in [0.2, 0.25) is 0 Å². The Morgan fingerprint density at radius 3 is 2.62 bits per heavy atom. The second-order valence-corrected chi connectivity index (χ2v) is 7.86. The molecule has 3 nitrogen and oxygen atoms in total. The van der Waals surface area contributed by atoms with Crippen LogP contribution in [0.2, 0.25) is 0 Å². The van der Waals surface area contributed by atoms with Crippen molar-refractivity contribution in [2.24, 2.45) is 0 Å². The van der Waals surface area contributed by atoms with E-state index in [4.69, 9.17) is 0 Å². The number of carbonyl (C=O) groups is 1. The van der Waals surface area contributed by atoms with E-state index in [0.29, 0.717) is 5.78 Å². The van der Waals surface area contributed by atoms with E-state index >= 15 is 0 Å². The first kappa shape index (κ1) is 17.5. The maximum Gasteiger partial charge on any atom is 0.174 e. The maximum atomic E-state index is 13.5. The number of carbonyl (C=O) groups excluding carboxylic acids is 1. The summed E-state index contributed by atoms with van der Waals surface area (Å²) in [4.78, 5) is 16.0. The van der Waals surface area contributed by atoms with Gasteiger partial charge in [-0.1, -0.05) is 51.0 Å². The van der Waals surface area contributed by atoms with Crippen LogP contribution >= 0.6 is 0 Å². The third-order valence-electron chi connectivity index (χ3n) is 6.25. The van der Waals surface area contributed by atoms with E-state index in [9.17, 15) is 4.79 Å². The Labute approximate surface area is 156 Å². The summed E-state index contributed by atoms with van der Waals surface area (Å²) in [7, 11) is 0. The van der Waals surface area contributed by atoms with Gasteiger partial charge in [-0.2, -0.15) is 0 Å². The highest BCUT2D eigenvalue weighted by Gasteiger charge is 2.46. The summed E-state index contributed by atoms with van der Waals surface area (Å²) in [6.45, 7) is 8.62. The molecule has 138 valence electrons. The van der Waals surface area contributed by atoms with E-state index in [1.54, 1.807) is 0 Å². The Bertz CT molecular complexity index is 812. The molecular weight excluding hydrogens is 320 g/mol. The summed E-state index contributed by atoms with van der Waals surface area (Å²) >= 11 is 0. The van der Waals surface area contributed by atoms with E-state index in [-0.39, 0.29) is 5.41 Å². The van der Waals surface area contributed by atoms with Crippen LogP contribution in [0.5, 0.6) is 0 Å². The van der Waals surface area contributed by atoms with Gasteiger partial charge in [-0.3, -0.25) is 4.79 Å². The number of nitrogens with one attached hydrogen (secondary N) is 1. The van der Waals surface area contributed by atoms with Gasteiger partial charge in [-0.05, 0) is 42.8 Å². The molecular formula is C23H30N2O. The van der Waals surface area contributed by atoms with Gasteiger partial charge in [0.05, 0.1) is 5.41 Å². The minimum absolute atomic E-state index is 0.301. The highest BCUT2D eigenvalue weighted by Crippen LogP contribution is 2.49. The van der Waals surface area contributed by atoms with E-state index in [0.717, 1.165) is 63.8 Å². The average molecular weight is 351 g/mol. The molecule has 1 aliphatic heterocycles. The Kier molecular flexibility index (Phi) is 4.74. The van der Waals surface area contributed by atoms with E-state index in [1.165, 1.54) is 22.0 Å². The topological polar surface area (TPSA) is 32.3 Å². The molecule has 26 heavy (non-hydrogen) atoms. The van der Waals surface area contributed by atoms with Crippen LogP contribution in [0.15, 0.2) is 30.3 Å². The quantitative estimate of drug-likeness (QED) is 0.850. The van der Waals surface area contributed by atoms with E-state index < -0.39 is 0 Å². The van der Waals surface area contributed by atoms with Crippen LogP contribution < -0.4 is 10.2 Å². The molecule has 0 bridgehead atoms. The van der Waals surface area contributed by atoms with Gasteiger partial charge < -0.3 is 10.2 Å². The zero-order chi connectivity index (χ0) is 18.1. The summed E-state index contributed by atoms with van der Waals surface area (Å²) in [5.74, 6) is 0.358. The Balaban J connectivity index is 1.90. The lowest BCUT2D eigenvalue weighted by Crippen LogP contribution is -2.32. The van der Waals surface area contributed by atoms with Crippen LogP contribution in [0.4, 0.5) is 5.69 Å². The molecule has 0 amide bonds. The van der Waals surface area contributed by atoms with E-state index in [1.807, 2.05) is 0 Å². The number of Topliss-reactive ketones (excluding diaryl/α,β-unsaturated/α-hetero) is 1. The zero-order valence-electron chi connectivity index (χ0n) is 16.1. The molecule has 1 heterocycles. The highest BCUT2D eigenvalue weighted by atomic mass is 16.1. The lowest BCUT2D eigenvalue weighted by atomic mass is 9.73. The van der Waals surface area contributed by atoms with Crippen LogP contribution in [-0.2, 0) is 5.41 Å². The fraction of sp³-hybridized carbons (Fsp3) is 0.522. The largest absolute Gasteiger partial charge is 0.370 e. The number of benzene rings is 2. The second kappa shape index (κ2) is 7.03. The van der Waals surface area contributed by atoms with E-state index in [2.05, 4.69) is 54.4 Å². The molecule has 0 saturated carbocycles. The first-order valence-electron chi connectivity index (χ1n) is 10.3. The number of hydrogen-bond donors (Lipinski definition) is 1. The molecule has 1 fully saturated rings. The molecule has 0 spiro atoms. The SMILES string of the molecule is CCCC1(CCC)C(=O)c2cccc3c(N4CCCNCC4)ccc1c23. The minimum atomic E-state index is -0.301. The lowest BCUT2D eigenvalue weighted by molar-refractivity contribution is 0.0874. The molecule has 0 radical (unpaired) electrons. The van der Waals surface area contributed by atoms with Crippen molar-refractivity contribution in [1.82, 2.24) is 5.32 Å². The summed E-state index contributed by atoms with van der Waals surface area (Å²) in [6, 6.07) is 10.9. The van der Waals surface area contributed by atoms with Crippen molar-refractivity contribution in [3.63, 3.8) is 0 Å². The first-order chi connectivity index (χ1) is 12.7. The Hall–Kier alpha value is -1.87. The summed E-state index contributed by atoms with van der Waals surface area (Å²) < 4.78 is 0. The van der Waals surface area contributed by atoms with Gasteiger partial charge in [0.15, 0.2) is 5.78 Å². The molecule has 1 N–H and O–H groups in total. The zero-order valence-corrected chi connectivity index (χ0v) is 16.1. The molecule has 2 aromatic rings. The number of anilines is 1. The first-order valence-corrected chi connectivity index (χ1v) is 10.3. The fourth-order valence-electron chi connectivity index (χ4n) is 5.20. The minimum Gasteiger partial charge on any atom is -0.370 e. The normalized spacial score (nSPS) is 19.2. The number of nitrogens with zero attached hydrogens (tertiary/aromatic N) is 1. The van der Waals surface area contributed by atoms with Gasteiger partial charge in [0.25, 0.3) is 0 Å². The highest BCUT2D eigenvalue weighted by molar-refractivity contribution is 6.22. The van der Waals surface area contributed by atoms with Crippen LogP contribution in [0.25, 0.3) is 10.8 Å². The number of rotatable bonds is 5. The van der Waals surface area contributed by atoms with Crippen LogP contribution in [0, 0.1) is 0 Å². The van der Waals surface area contributed by atoms with Gasteiger partial charge >= 0.3 is 0 Å². The van der Waals surface area contributed by atoms with Crippen LogP contribution in [0.3, 0.4) is 0 Å². The van der Waals surface area contributed by atoms with Crippen LogP contribution in [0.1, 0.15) is 61.9 Å². The predicted octanol–water partition coefficient (Wildman–Crippen LogP) is 4.67. The van der Waals surface area contributed by atoms with Crippen molar-refractivity contribution in [3.05, 3.63) is 41.5 Å². The Morgan fingerprint density at radius 2 is 1.85 bits per heavy atom. The number of hydrogen-bond acceptors (Lipinski definition) is 3. The smallest absolute Gasteiger partial charge is 0.174 e. The van der Waals surface area contributed by atoms with Crippen molar-refractivity contribution in [3.8, 4) is 0 Å². The average Bonchev–Trinajstić information content (AvgIpc) is 2.85. The molecule has 1 saturated heterocycles. The molecule has 0 aromatic heterocycles. The van der Waals surface area contributed by atoms with Gasteiger partial charge in [0, 0.05) is 36.3 Å². The summed E-state index contributed by atoms with van der Waals surface area (Å²) in [5, 5.41) is 5.99. The summed E-state index contributed by atoms with van der Waals surface area (Å²) in [5.41, 5.74) is 3.23. The molecule has 0 unspecified atom stereocenters. The molecule has 0 atom stereocenters. The molecule has 2 aliphatic rings. The summed E-state index contributed by atoms with van der Waals surface area (Å²) in [6.07, 6.45) is 5.16. The molecule has 1 aliphatic carbocycles. The standard InChI is InChI=1S/C23H30N2O/c1-3-11-23(12-4-2)19-9-10-20(25-15-6-13-24-14-16-25)17-7-5-8-18(21(17)19)22(23)26/h5,7-10,24H,3-4,6,11-16H2,1-2H3. The molecule has 4 rings (SSSR count). The molecule has 3 heteroatoms. The van der Waals surface area contributed by atoms with Crippen molar-refractivity contribution in [1.29, 1.82) is 0 Å². The van der Waals surface area contributed by atoms with Gasteiger partial charge in [-0.25, -0.2) is 0 Å². The number of ketones is 1. The van der Waals surface area contributed by atoms with Crippen molar-refractivity contribution in [2.75, 3.05) is 31.1 Å². The van der Waals surface area contributed by atoms with Crippen LogP contribution in [-0.4, -0.2) is 32.0 Å². The lowest BCUT2D eigenvalue weighted by Gasteiger charge is -2.29. The van der Waals surface area contributed by atoms with Crippen molar-refractivity contribution >= 4 is 22.2 Å². The Morgan fingerprint density at radius 1 is 1.04 bits per heavy atom. The monoisotopic (exact) mass is 350 g/mol. The molecule has 2 aromatic carbocycles. The van der Waals surface area contributed by atoms with Gasteiger partial charge in [-0.15, -0.1) is 0 Å². The van der Waals surface area contributed by atoms with Crippen molar-refractivity contribution in [2.45, 2.75) is 51.4 Å². The van der Waals surface area contributed by atoms with Gasteiger partial charge in [0.1, 0.15) is 0 Å². The van der Waals surface area contributed by atoms with Crippen molar-refractivity contribution < 1.29 is 4.79 Å². The predicted molar refractivity (Wildman–Crippen MR) is 109 cm³/mol. The second-order valence-electron chi connectivity index (χ2n) is 7.86. The fourth-order valence-corrected chi connectivity index (χ4v) is 5.20. The maximum absolute atomic E-state index is 13.5. The third kappa shape index (κ3) is 2.56. The third-order valence-corrected chi connectivity index (χ3v) is 6.25.